The van der Waals surface area contributed by atoms with E-state index in [2.05, 4.69) is 5.16 Å². The first-order valence-electron chi connectivity index (χ1n) is 4.49. The summed E-state index contributed by atoms with van der Waals surface area (Å²) >= 11 is 0. The highest BCUT2D eigenvalue weighted by atomic mass is 16.4. The number of hydrogen-bond donors (Lipinski definition) is 2. The van der Waals surface area contributed by atoms with Crippen molar-refractivity contribution in [3.8, 4) is 0 Å². The van der Waals surface area contributed by atoms with E-state index in [9.17, 15) is 5.11 Å². The number of nitrogens with zero attached hydrogens (tertiary/aromatic N) is 1. The van der Waals surface area contributed by atoms with Gasteiger partial charge in [-0.1, -0.05) is 11.2 Å². The van der Waals surface area contributed by atoms with Gasteiger partial charge in [0.25, 0.3) is 0 Å². The van der Waals surface area contributed by atoms with Gasteiger partial charge in [0.2, 0.25) is 0 Å². The van der Waals surface area contributed by atoms with Gasteiger partial charge in [0.15, 0.2) is 0 Å². The highest BCUT2D eigenvalue weighted by Gasteiger charge is 2.08. The number of hydrogen-bond acceptors (Lipinski definition) is 3. The highest BCUT2D eigenvalue weighted by Crippen LogP contribution is 2.20. The molecule has 2 N–H and O–H groups in total. The molecule has 0 amide bonds. The monoisotopic (exact) mass is 193 g/mol. The van der Waals surface area contributed by atoms with E-state index in [1.54, 1.807) is 0 Å². The van der Waals surface area contributed by atoms with Gasteiger partial charge >= 0.3 is 0 Å². The molecule has 3 heteroatoms. The molecule has 0 spiro atoms. The molecule has 0 radical (unpaired) electrons. The molecule has 0 aromatic heterocycles. The fourth-order valence-corrected chi connectivity index (χ4v) is 1.74. The fourth-order valence-electron chi connectivity index (χ4n) is 1.74. The van der Waals surface area contributed by atoms with E-state index >= 15 is 0 Å². The van der Waals surface area contributed by atoms with Crippen molar-refractivity contribution in [3.05, 3.63) is 33.9 Å². The first kappa shape index (κ1) is 10.7. The smallest absolute Gasteiger partial charge is 0.0739 e. The summed E-state index contributed by atoms with van der Waals surface area (Å²) in [5.74, 6) is 0. The Kier molecular flexibility index (Phi) is 3.25. The number of rotatable bonds is 2. The summed E-state index contributed by atoms with van der Waals surface area (Å²) in [5.41, 5.74) is 4.88. The van der Waals surface area contributed by atoms with Crippen molar-refractivity contribution in [1.29, 1.82) is 0 Å². The molecule has 0 heterocycles. The number of oxime groups is 1. The van der Waals surface area contributed by atoms with Gasteiger partial charge < -0.3 is 10.3 Å². The fraction of sp³-hybridized carbons (Fsp3) is 0.364. The minimum Gasteiger partial charge on any atom is -0.411 e. The summed E-state index contributed by atoms with van der Waals surface area (Å²) in [4.78, 5) is 0. The molecule has 3 nitrogen and oxygen atoms in total. The second kappa shape index (κ2) is 4.24. The van der Waals surface area contributed by atoms with E-state index in [-0.39, 0.29) is 6.61 Å². The van der Waals surface area contributed by atoms with Crippen LogP contribution in [0.1, 0.15) is 27.8 Å². The van der Waals surface area contributed by atoms with E-state index in [1.807, 2.05) is 26.8 Å². The Morgan fingerprint density at radius 3 is 2.43 bits per heavy atom. The molecule has 0 saturated carbocycles. The topological polar surface area (TPSA) is 52.8 Å². The van der Waals surface area contributed by atoms with Gasteiger partial charge in [-0.05, 0) is 43.0 Å². The lowest BCUT2D eigenvalue weighted by molar-refractivity contribution is 0.280. The van der Waals surface area contributed by atoms with Crippen molar-refractivity contribution in [2.24, 2.45) is 5.16 Å². The molecule has 0 bridgehead atoms. The quantitative estimate of drug-likeness (QED) is 0.428. The van der Waals surface area contributed by atoms with Crippen LogP contribution in [0.4, 0.5) is 0 Å². The molecule has 0 aliphatic rings. The zero-order valence-corrected chi connectivity index (χ0v) is 8.70. The molecule has 76 valence electrons. The van der Waals surface area contributed by atoms with E-state index in [0.717, 1.165) is 27.8 Å². The van der Waals surface area contributed by atoms with Crippen LogP contribution in [0.3, 0.4) is 0 Å². The Bertz CT molecular complexity index is 370. The predicted molar refractivity (Wildman–Crippen MR) is 56.0 cm³/mol. The number of aryl methyl sites for hydroxylation is 2. The number of benzene rings is 1. The maximum Gasteiger partial charge on any atom is 0.0739 e. The van der Waals surface area contributed by atoms with Crippen LogP contribution in [0.2, 0.25) is 0 Å². The van der Waals surface area contributed by atoms with E-state index in [1.165, 1.54) is 6.21 Å². The molecule has 0 unspecified atom stereocenters. The molecule has 1 aromatic rings. The normalized spacial score (nSPS) is 11.1. The van der Waals surface area contributed by atoms with Crippen molar-refractivity contribution in [2.45, 2.75) is 27.4 Å². The van der Waals surface area contributed by atoms with Gasteiger partial charge in [0.1, 0.15) is 0 Å². The molecular weight excluding hydrogens is 178 g/mol. The lowest BCUT2D eigenvalue weighted by atomic mass is 9.94. The lowest BCUT2D eigenvalue weighted by Crippen LogP contribution is -2.01. The molecule has 1 aromatic carbocycles. The summed E-state index contributed by atoms with van der Waals surface area (Å²) in [7, 11) is 0. The van der Waals surface area contributed by atoms with Gasteiger partial charge in [-0.3, -0.25) is 0 Å². The number of aliphatic hydroxyl groups is 1. The van der Waals surface area contributed by atoms with Crippen molar-refractivity contribution >= 4 is 6.21 Å². The Morgan fingerprint density at radius 1 is 1.29 bits per heavy atom. The molecule has 0 saturated heterocycles. The second-order valence-electron chi connectivity index (χ2n) is 3.43. The SMILES string of the molecule is Cc1cc(C)c(CO)c(C)c1C=NO. The molecule has 0 aliphatic carbocycles. The van der Waals surface area contributed by atoms with Crippen LogP contribution >= 0.6 is 0 Å². The summed E-state index contributed by atoms with van der Waals surface area (Å²) in [5, 5.41) is 20.7. The van der Waals surface area contributed by atoms with Crippen LogP contribution in [0, 0.1) is 20.8 Å². The van der Waals surface area contributed by atoms with Gasteiger partial charge in [-0.2, -0.15) is 0 Å². The first-order valence-corrected chi connectivity index (χ1v) is 4.49. The minimum atomic E-state index is 0.0181. The number of aliphatic hydroxyl groups excluding tert-OH is 1. The lowest BCUT2D eigenvalue weighted by Gasteiger charge is -2.12. The third kappa shape index (κ3) is 1.77. The third-order valence-corrected chi connectivity index (χ3v) is 2.54. The molecule has 14 heavy (non-hydrogen) atoms. The third-order valence-electron chi connectivity index (χ3n) is 2.54. The van der Waals surface area contributed by atoms with Crippen LogP contribution < -0.4 is 0 Å². The second-order valence-corrected chi connectivity index (χ2v) is 3.43. The average molecular weight is 193 g/mol. The summed E-state index contributed by atoms with van der Waals surface area (Å²) in [6.07, 6.45) is 1.41. The van der Waals surface area contributed by atoms with Crippen LogP contribution in [-0.2, 0) is 6.61 Å². The van der Waals surface area contributed by atoms with Crippen LogP contribution in [0.15, 0.2) is 11.2 Å². The van der Waals surface area contributed by atoms with Crippen molar-refractivity contribution in [3.63, 3.8) is 0 Å². The summed E-state index contributed by atoms with van der Waals surface area (Å²) in [6, 6.07) is 1.98. The Labute approximate surface area is 83.7 Å². The van der Waals surface area contributed by atoms with Gasteiger partial charge in [0.05, 0.1) is 12.8 Å². The zero-order valence-electron chi connectivity index (χ0n) is 8.70. The van der Waals surface area contributed by atoms with E-state index in [4.69, 9.17) is 5.21 Å². The van der Waals surface area contributed by atoms with E-state index in [0.29, 0.717) is 0 Å². The van der Waals surface area contributed by atoms with E-state index < -0.39 is 0 Å². The van der Waals surface area contributed by atoms with Crippen molar-refractivity contribution in [1.82, 2.24) is 0 Å². The van der Waals surface area contributed by atoms with Crippen LogP contribution in [-0.4, -0.2) is 16.5 Å². The van der Waals surface area contributed by atoms with Crippen molar-refractivity contribution < 1.29 is 10.3 Å². The summed E-state index contributed by atoms with van der Waals surface area (Å²) < 4.78 is 0. The average Bonchev–Trinajstić information content (AvgIpc) is 2.12. The molecule has 0 atom stereocenters. The summed E-state index contributed by atoms with van der Waals surface area (Å²) in [6.45, 7) is 5.86. The van der Waals surface area contributed by atoms with Gasteiger partial charge in [-0.15, -0.1) is 0 Å². The molecule has 0 fully saturated rings. The standard InChI is InChI=1S/C11H15NO2/c1-7-4-8(2)11(6-13)9(3)10(7)5-12-14/h4-5,13-14H,6H2,1-3H3. The largest absolute Gasteiger partial charge is 0.411 e. The maximum atomic E-state index is 9.18. The maximum absolute atomic E-state index is 9.18. The highest BCUT2D eigenvalue weighted by molar-refractivity contribution is 5.84. The molecule has 0 aliphatic heterocycles. The van der Waals surface area contributed by atoms with Crippen molar-refractivity contribution in [2.75, 3.05) is 0 Å². The van der Waals surface area contributed by atoms with Crippen LogP contribution in [0.25, 0.3) is 0 Å². The Balaban J connectivity index is 3.43. The Morgan fingerprint density at radius 2 is 1.93 bits per heavy atom. The first-order chi connectivity index (χ1) is 6.61. The van der Waals surface area contributed by atoms with Gasteiger partial charge in [0, 0.05) is 5.56 Å². The minimum absolute atomic E-state index is 0.0181. The Hall–Kier alpha value is -1.35. The zero-order chi connectivity index (χ0) is 10.7. The molecule has 1 rings (SSSR count). The van der Waals surface area contributed by atoms with Crippen LogP contribution in [0.5, 0.6) is 0 Å². The predicted octanol–water partition coefficient (Wildman–Crippen LogP) is 1.91. The molecular formula is C11H15NO2. The van der Waals surface area contributed by atoms with Gasteiger partial charge in [-0.25, -0.2) is 0 Å².